The number of hydrogen-bond donors (Lipinski definition) is 2. The van der Waals surface area contributed by atoms with Gasteiger partial charge in [0.15, 0.2) is 0 Å². The number of ether oxygens (including phenoxy) is 1. The zero-order valence-corrected chi connectivity index (χ0v) is 10.9. The van der Waals surface area contributed by atoms with E-state index in [4.69, 9.17) is 4.74 Å². The Morgan fingerprint density at radius 1 is 1.28 bits per heavy atom. The van der Waals surface area contributed by atoms with Gasteiger partial charge in [0.2, 0.25) is 0 Å². The third-order valence-electron chi connectivity index (χ3n) is 3.87. The summed E-state index contributed by atoms with van der Waals surface area (Å²) in [5.74, 6) is 1.07. The van der Waals surface area contributed by atoms with Gasteiger partial charge in [-0.25, -0.2) is 0 Å². The van der Waals surface area contributed by atoms with E-state index in [1.807, 2.05) is 0 Å². The summed E-state index contributed by atoms with van der Waals surface area (Å²) in [6, 6.07) is 7.11. The first-order valence-electron chi connectivity index (χ1n) is 7.15. The van der Waals surface area contributed by atoms with Crippen molar-refractivity contribution < 1.29 is 4.74 Å². The van der Waals surface area contributed by atoms with E-state index in [0.717, 1.165) is 31.7 Å². The maximum Gasteiger partial charge on any atom is 0.122 e. The summed E-state index contributed by atoms with van der Waals surface area (Å²) in [5.41, 5.74) is 2.58. The molecule has 1 unspecified atom stereocenters. The Morgan fingerprint density at radius 3 is 3.17 bits per heavy atom. The molecule has 0 spiro atoms. The molecule has 1 fully saturated rings. The summed E-state index contributed by atoms with van der Waals surface area (Å²) in [5, 5.41) is 7.11. The van der Waals surface area contributed by atoms with Crippen LogP contribution < -0.4 is 15.4 Å². The van der Waals surface area contributed by atoms with Gasteiger partial charge in [-0.15, -0.1) is 0 Å². The molecule has 3 heteroatoms. The maximum atomic E-state index is 5.63. The molecule has 2 aliphatic heterocycles. The molecular weight excluding hydrogens is 224 g/mol. The van der Waals surface area contributed by atoms with E-state index in [2.05, 4.69) is 28.8 Å². The van der Waals surface area contributed by atoms with Crippen molar-refractivity contribution in [3.8, 4) is 5.75 Å². The van der Waals surface area contributed by atoms with Gasteiger partial charge in [0.05, 0.1) is 6.61 Å². The molecule has 1 saturated heterocycles. The number of nitrogens with one attached hydrogen (secondary N) is 2. The Hall–Kier alpha value is -1.22. The standard InChI is InChI=1S/C15H22N2O/c1-2-8-16-14(5-1)11-17-13-6-7-15-12(10-13)4-3-9-18-15/h6-7,10,14,16-17H,1-5,8-9,11H2. The normalized spacial score (nSPS) is 23.0. The molecule has 1 atom stereocenters. The minimum absolute atomic E-state index is 0.631. The van der Waals surface area contributed by atoms with E-state index in [9.17, 15) is 0 Å². The minimum atomic E-state index is 0.631. The SMILES string of the molecule is c1cc2c(cc1NCC1CCCCN1)CCCO2. The van der Waals surface area contributed by atoms with E-state index in [0.29, 0.717) is 6.04 Å². The van der Waals surface area contributed by atoms with Crippen LogP contribution in [-0.2, 0) is 6.42 Å². The van der Waals surface area contributed by atoms with Crippen molar-refractivity contribution in [3.05, 3.63) is 23.8 Å². The van der Waals surface area contributed by atoms with Crippen LogP contribution in [0.2, 0.25) is 0 Å². The fraction of sp³-hybridized carbons (Fsp3) is 0.600. The van der Waals surface area contributed by atoms with E-state index in [1.165, 1.54) is 37.1 Å². The van der Waals surface area contributed by atoms with Crippen molar-refractivity contribution in [2.24, 2.45) is 0 Å². The average molecular weight is 246 g/mol. The summed E-state index contributed by atoms with van der Waals surface area (Å²) in [7, 11) is 0. The number of rotatable bonds is 3. The van der Waals surface area contributed by atoms with Gasteiger partial charge in [-0.05, 0) is 56.0 Å². The Balaban J connectivity index is 1.58. The number of fused-ring (bicyclic) bond motifs is 1. The smallest absolute Gasteiger partial charge is 0.122 e. The van der Waals surface area contributed by atoms with Crippen molar-refractivity contribution in [1.29, 1.82) is 0 Å². The van der Waals surface area contributed by atoms with Crippen LogP contribution in [0.4, 0.5) is 5.69 Å². The second-order valence-electron chi connectivity index (χ2n) is 5.30. The molecule has 2 N–H and O–H groups in total. The molecule has 0 aromatic heterocycles. The van der Waals surface area contributed by atoms with Crippen LogP contribution >= 0.6 is 0 Å². The van der Waals surface area contributed by atoms with Gasteiger partial charge in [-0.2, -0.15) is 0 Å². The molecule has 1 aromatic rings. The summed E-state index contributed by atoms with van der Waals surface area (Å²) < 4.78 is 5.63. The first-order valence-corrected chi connectivity index (χ1v) is 7.15. The first kappa shape index (κ1) is 11.8. The Labute approximate surface area is 109 Å². The molecule has 0 saturated carbocycles. The summed E-state index contributed by atoms with van der Waals surface area (Å²) in [4.78, 5) is 0. The van der Waals surface area contributed by atoms with Gasteiger partial charge < -0.3 is 15.4 Å². The van der Waals surface area contributed by atoms with Crippen LogP contribution in [0.3, 0.4) is 0 Å². The molecular formula is C15H22N2O. The van der Waals surface area contributed by atoms with Crippen LogP contribution in [0, 0.1) is 0 Å². The largest absolute Gasteiger partial charge is 0.493 e. The zero-order chi connectivity index (χ0) is 12.2. The minimum Gasteiger partial charge on any atom is -0.493 e. The second-order valence-corrected chi connectivity index (χ2v) is 5.30. The number of hydrogen-bond acceptors (Lipinski definition) is 3. The highest BCUT2D eigenvalue weighted by atomic mass is 16.5. The zero-order valence-electron chi connectivity index (χ0n) is 10.9. The highest BCUT2D eigenvalue weighted by molar-refractivity contribution is 5.51. The third-order valence-corrected chi connectivity index (χ3v) is 3.87. The maximum absolute atomic E-state index is 5.63. The van der Waals surface area contributed by atoms with Gasteiger partial charge in [0, 0.05) is 18.3 Å². The topological polar surface area (TPSA) is 33.3 Å². The van der Waals surface area contributed by atoms with Crippen molar-refractivity contribution in [1.82, 2.24) is 5.32 Å². The summed E-state index contributed by atoms with van der Waals surface area (Å²) in [6.07, 6.45) is 6.26. The Kier molecular flexibility index (Phi) is 3.69. The number of aryl methyl sites for hydroxylation is 1. The lowest BCUT2D eigenvalue weighted by Crippen LogP contribution is -2.39. The number of anilines is 1. The fourth-order valence-electron chi connectivity index (χ4n) is 2.81. The number of piperidine rings is 1. The van der Waals surface area contributed by atoms with Crippen molar-refractivity contribution in [2.75, 3.05) is 25.0 Å². The van der Waals surface area contributed by atoms with Crippen molar-refractivity contribution >= 4 is 5.69 Å². The van der Waals surface area contributed by atoms with Crippen molar-refractivity contribution in [2.45, 2.75) is 38.1 Å². The molecule has 0 radical (unpaired) electrons. The molecule has 0 aliphatic carbocycles. The molecule has 3 nitrogen and oxygen atoms in total. The van der Waals surface area contributed by atoms with Crippen LogP contribution in [-0.4, -0.2) is 25.7 Å². The summed E-state index contributed by atoms with van der Waals surface area (Å²) >= 11 is 0. The van der Waals surface area contributed by atoms with Crippen LogP contribution in [0.25, 0.3) is 0 Å². The lowest BCUT2D eigenvalue weighted by atomic mass is 10.0. The molecule has 2 heterocycles. The van der Waals surface area contributed by atoms with Crippen LogP contribution in [0.5, 0.6) is 5.75 Å². The van der Waals surface area contributed by atoms with Crippen LogP contribution in [0.15, 0.2) is 18.2 Å². The lowest BCUT2D eigenvalue weighted by molar-refractivity contribution is 0.288. The van der Waals surface area contributed by atoms with Gasteiger partial charge in [-0.3, -0.25) is 0 Å². The van der Waals surface area contributed by atoms with E-state index in [-0.39, 0.29) is 0 Å². The Morgan fingerprint density at radius 2 is 2.28 bits per heavy atom. The van der Waals surface area contributed by atoms with Crippen molar-refractivity contribution in [3.63, 3.8) is 0 Å². The predicted molar refractivity (Wildman–Crippen MR) is 74.4 cm³/mol. The fourth-order valence-corrected chi connectivity index (χ4v) is 2.81. The Bertz CT molecular complexity index is 399. The molecule has 0 amide bonds. The molecule has 1 aromatic carbocycles. The van der Waals surface area contributed by atoms with Gasteiger partial charge in [0.25, 0.3) is 0 Å². The molecule has 0 bridgehead atoms. The van der Waals surface area contributed by atoms with Gasteiger partial charge in [-0.1, -0.05) is 6.42 Å². The first-order chi connectivity index (χ1) is 8.92. The monoisotopic (exact) mass is 246 g/mol. The second kappa shape index (κ2) is 5.61. The van der Waals surface area contributed by atoms with Gasteiger partial charge >= 0.3 is 0 Å². The molecule has 98 valence electrons. The van der Waals surface area contributed by atoms with E-state index >= 15 is 0 Å². The molecule has 3 rings (SSSR count). The van der Waals surface area contributed by atoms with Crippen LogP contribution in [0.1, 0.15) is 31.2 Å². The summed E-state index contributed by atoms with van der Waals surface area (Å²) in [6.45, 7) is 3.07. The molecule has 18 heavy (non-hydrogen) atoms. The number of benzene rings is 1. The van der Waals surface area contributed by atoms with E-state index in [1.54, 1.807) is 0 Å². The predicted octanol–water partition coefficient (Wildman–Crippen LogP) is 2.57. The highest BCUT2D eigenvalue weighted by Gasteiger charge is 2.13. The average Bonchev–Trinajstić information content (AvgIpc) is 2.46. The quantitative estimate of drug-likeness (QED) is 0.860. The lowest BCUT2D eigenvalue weighted by Gasteiger charge is -2.24. The highest BCUT2D eigenvalue weighted by Crippen LogP contribution is 2.27. The third kappa shape index (κ3) is 2.78. The van der Waals surface area contributed by atoms with E-state index < -0.39 is 0 Å². The molecule has 2 aliphatic rings. The van der Waals surface area contributed by atoms with Gasteiger partial charge in [0.1, 0.15) is 5.75 Å².